The van der Waals surface area contributed by atoms with Crippen molar-refractivity contribution in [3.63, 3.8) is 0 Å². The molecule has 1 N–H and O–H groups in total. The first-order chi connectivity index (χ1) is 12.4. The van der Waals surface area contributed by atoms with Gasteiger partial charge in [-0.3, -0.25) is 9.78 Å². The van der Waals surface area contributed by atoms with Crippen LogP contribution in [0.5, 0.6) is 0 Å². The molecule has 1 aromatic heterocycles. The molecular weight excluding hydrogens is 352 g/mol. The summed E-state index contributed by atoms with van der Waals surface area (Å²) in [5.74, 6) is -0.356. The Hall–Kier alpha value is -2.29. The van der Waals surface area contributed by atoms with Crippen molar-refractivity contribution in [2.24, 2.45) is 0 Å². The number of aryl methyl sites for hydroxylation is 1. The summed E-state index contributed by atoms with van der Waals surface area (Å²) in [5, 5.41) is 2.75. The van der Waals surface area contributed by atoms with Crippen LogP contribution in [0.2, 0.25) is 0 Å². The third-order valence-corrected chi connectivity index (χ3v) is 6.37. The van der Waals surface area contributed by atoms with E-state index in [1.165, 1.54) is 16.6 Å². The number of hydrogen-bond acceptors (Lipinski definition) is 5. The zero-order valence-corrected chi connectivity index (χ0v) is 15.7. The van der Waals surface area contributed by atoms with Crippen molar-refractivity contribution in [3.8, 4) is 0 Å². The average molecular weight is 374 g/mol. The molecule has 1 aromatic carbocycles. The van der Waals surface area contributed by atoms with Gasteiger partial charge in [0.05, 0.1) is 16.8 Å². The van der Waals surface area contributed by atoms with Crippen molar-refractivity contribution in [3.05, 3.63) is 53.9 Å². The number of sulfonamides is 1. The van der Waals surface area contributed by atoms with Crippen molar-refractivity contribution in [2.75, 3.05) is 38.5 Å². The molecule has 2 aromatic rings. The standard InChI is InChI=1S/C18H22N4O3S/c1-14-5-6-16(26(24,25)22-10-8-21(2)9-11-22)12-17(14)18(23)20-15-4-3-7-19-13-15/h3-7,12-13H,8-11H2,1-2H3,(H,20,23). The van der Waals surface area contributed by atoms with E-state index in [4.69, 9.17) is 0 Å². The maximum absolute atomic E-state index is 12.9. The Kier molecular flexibility index (Phi) is 5.36. The predicted octanol–water partition coefficient (Wildman–Crippen LogP) is 1.58. The molecule has 1 aliphatic rings. The van der Waals surface area contributed by atoms with Crippen molar-refractivity contribution >= 4 is 21.6 Å². The second-order valence-corrected chi connectivity index (χ2v) is 8.32. The summed E-state index contributed by atoms with van der Waals surface area (Å²) in [7, 11) is -1.65. The predicted molar refractivity (Wildman–Crippen MR) is 99.6 cm³/mol. The van der Waals surface area contributed by atoms with E-state index in [9.17, 15) is 13.2 Å². The van der Waals surface area contributed by atoms with Crippen LogP contribution < -0.4 is 5.32 Å². The van der Waals surface area contributed by atoms with E-state index < -0.39 is 10.0 Å². The van der Waals surface area contributed by atoms with Gasteiger partial charge in [0.2, 0.25) is 10.0 Å². The highest BCUT2D eigenvalue weighted by molar-refractivity contribution is 7.89. The van der Waals surface area contributed by atoms with Crippen LogP contribution in [0, 0.1) is 6.92 Å². The highest BCUT2D eigenvalue weighted by Crippen LogP contribution is 2.21. The zero-order chi connectivity index (χ0) is 18.7. The SMILES string of the molecule is Cc1ccc(S(=O)(=O)N2CCN(C)CC2)cc1C(=O)Nc1cccnc1. The Morgan fingerprint density at radius 3 is 2.54 bits per heavy atom. The molecule has 0 spiro atoms. The van der Waals surface area contributed by atoms with E-state index in [0.29, 0.717) is 43.0 Å². The Bertz CT molecular complexity index is 892. The molecule has 138 valence electrons. The minimum Gasteiger partial charge on any atom is -0.321 e. The van der Waals surface area contributed by atoms with Gasteiger partial charge in [-0.1, -0.05) is 6.07 Å². The summed E-state index contributed by atoms with van der Waals surface area (Å²) in [6.07, 6.45) is 3.15. The van der Waals surface area contributed by atoms with Crippen molar-refractivity contribution < 1.29 is 13.2 Å². The molecule has 0 atom stereocenters. The minimum absolute atomic E-state index is 0.143. The normalized spacial score (nSPS) is 16.4. The molecule has 1 aliphatic heterocycles. The Balaban J connectivity index is 1.86. The molecule has 2 heterocycles. The average Bonchev–Trinajstić information content (AvgIpc) is 2.63. The highest BCUT2D eigenvalue weighted by atomic mass is 32.2. The second-order valence-electron chi connectivity index (χ2n) is 6.38. The number of piperazine rings is 1. The summed E-state index contributed by atoms with van der Waals surface area (Å²) in [4.78, 5) is 18.8. The van der Waals surface area contributed by atoms with Crippen LogP contribution in [-0.2, 0) is 10.0 Å². The van der Waals surface area contributed by atoms with Gasteiger partial charge in [0, 0.05) is 37.9 Å². The van der Waals surface area contributed by atoms with E-state index in [1.54, 1.807) is 37.4 Å². The summed E-state index contributed by atoms with van der Waals surface area (Å²) in [5.41, 5.74) is 1.61. The summed E-state index contributed by atoms with van der Waals surface area (Å²) >= 11 is 0. The molecular formula is C18H22N4O3S. The van der Waals surface area contributed by atoms with Gasteiger partial charge in [-0.2, -0.15) is 4.31 Å². The first-order valence-electron chi connectivity index (χ1n) is 8.38. The molecule has 7 nitrogen and oxygen atoms in total. The molecule has 1 fully saturated rings. The van der Waals surface area contributed by atoms with E-state index in [1.807, 2.05) is 7.05 Å². The van der Waals surface area contributed by atoms with Crippen LogP contribution in [0.3, 0.4) is 0 Å². The topological polar surface area (TPSA) is 82.6 Å². The molecule has 0 aliphatic carbocycles. The van der Waals surface area contributed by atoms with Crippen molar-refractivity contribution in [1.82, 2.24) is 14.2 Å². The highest BCUT2D eigenvalue weighted by Gasteiger charge is 2.28. The van der Waals surface area contributed by atoms with Gasteiger partial charge in [0.25, 0.3) is 5.91 Å². The van der Waals surface area contributed by atoms with Crippen molar-refractivity contribution in [1.29, 1.82) is 0 Å². The molecule has 0 radical (unpaired) electrons. The monoisotopic (exact) mass is 374 g/mol. The number of rotatable bonds is 4. The maximum Gasteiger partial charge on any atom is 0.256 e. The Morgan fingerprint density at radius 1 is 1.15 bits per heavy atom. The van der Waals surface area contributed by atoms with Crippen LogP contribution >= 0.6 is 0 Å². The minimum atomic E-state index is -3.62. The number of hydrogen-bond donors (Lipinski definition) is 1. The number of nitrogens with zero attached hydrogens (tertiary/aromatic N) is 3. The molecule has 0 bridgehead atoms. The number of benzene rings is 1. The van der Waals surface area contributed by atoms with E-state index in [-0.39, 0.29) is 10.8 Å². The number of aromatic nitrogens is 1. The van der Waals surface area contributed by atoms with Crippen LogP contribution in [0.1, 0.15) is 15.9 Å². The number of amides is 1. The maximum atomic E-state index is 12.9. The number of anilines is 1. The summed E-state index contributed by atoms with van der Waals surface area (Å²) in [6, 6.07) is 8.13. The van der Waals surface area contributed by atoms with Crippen LogP contribution in [-0.4, -0.2) is 61.7 Å². The molecule has 1 amide bonds. The smallest absolute Gasteiger partial charge is 0.256 e. The van der Waals surface area contributed by atoms with Gasteiger partial charge in [-0.05, 0) is 43.8 Å². The molecule has 0 unspecified atom stereocenters. The van der Waals surface area contributed by atoms with E-state index in [2.05, 4.69) is 15.2 Å². The lowest BCUT2D eigenvalue weighted by Crippen LogP contribution is -2.47. The molecule has 1 saturated heterocycles. The van der Waals surface area contributed by atoms with Gasteiger partial charge >= 0.3 is 0 Å². The van der Waals surface area contributed by atoms with E-state index in [0.717, 1.165) is 0 Å². The summed E-state index contributed by atoms with van der Waals surface area (Å²) < 4.78 is 27.3. The third-order valence-electron chi connectivity index (χ3n) is 4.47. The van der Waals surface area contributed by atoms with Gasteiger partial charge in [-0.15, -0.1) is 0 Å². The fourth-order valence-electron chi connectivity index (χ4n) is 2.82. The first-order valence-corrected chi connectivity index (χ1v) is 9.82. The molecule has 8 heteroatoms. The van der Waals surface area contributed by atoms with Gasteiger partial charge in [0.1, 0.15) is 0 Å². The molecule has 3 rings (SSSR count). The van der Waals surface area contributed by atoms with E-state index >= 15 is 0 Å². The molecule has 26 heavy (non-hydrogen) atoms. The Labute approximate surface area is 153 Å². The van der Waals surface area contributed by atoms with Gasteiger partial charge < -0.3 is 10.2 Å². The Morgan fingerprint density at radius 2 is 1.88 bits per heavy atom. The third kappa shape index (κ3) is 3.92. The first kappa shape index (κ1) is 18.5. The number of pyridine rings is 1. The lowest BCUT2D eigenvalue weighted by Gasteiger charge is -2.31. The number of carbonyl (C=O) groups is 1. The molecule has 0 saturated carbocycles. The number of likely N-dealkylation sites (N-methyl/N-ethyl adjacent to an activating group) is 1. The van der Waals surface area contributed by atoms with Gasteiger partial charge in [-0.25, -0.2) is 8.42 Å². The zero-order valence-electron chi connectivity index (χ0n) is 14.8. The number of carbonyl (C=O) groups excluding carboxylic acids is 1. The van der Waals surface area contributed by atoms with Gasteiger partial charge in [0.15, 0.2) is 0 Å². The van der Waals surface area contributed by atoms with Crippen LogP contribution in [0.15, 0.2) is 47.6 Å². The van der Waals surface area contributed by atoms with Crippen LogP contribution in [0.4, 0.5) is 5.69 Å². The van der Waals surface area contributed by atoms with Crippen LogP contribution in [0.25, 0.3) is 0 Å². The fourth-order valence-corrected chi connectivity index (χ4v) is 4.27. The largest absolute Gasteiger partial charge is 0.321 e. The van der Waals surface area contributed by atoms with Crippen molar-refractivity contribution in [2.45, 2.75) is 11.8 Å². The second kappa shape index (κ2) is 7.53. The summed E-state index contributed by atoms with van der Waals surface area (Å²) in [6.45, 7) is 4.07. The fraction of sp³-hybridized carbons (Fsp3) is 0.333. The lowest BCUT2D eigenvalue weighted by atomic mass is 10.1. The quantitative estimate of drug-likeness (QED) is 0.879. The lowest BCUT2D eigenvalue weighted by molar-refractivity contribution is 0.102. The number of nitrogens with one attached hydrogen (secondary N) is 1.